The first-order valence-electron chi connectivity index (χ1n) is 7.34. The standard InChI is InChI=1S/C15H23NO3/c17-14(11-12-5-1-2-6-12)16-10-4-3-7-13(16)8-9-15(18)19/h1,5,12-13H,2-4,6-11H2,(H,18,19)/t12-,13+/m1/s1. The number of carbonyl (C=O) groups excluding carboxylic acids is 1. The Balaban J connectivity index is 1.88. The number of amides is 1. The lowest BCUT2D eigenvalue weighted by Crippen LogP contribution is -2.44. The first kappa shape index (κ1) is 14.1. The van der Waals surface area contributed by atoms with Crippen molar-refractivity contribution in [3.63, 3.8) is 0 Å². The zero-order chi connectivity index (χ0) is 13.7. The minimum atomic E-state index is -0.767. The van der Waals surface area contributed by atoms with Gasteiger partial charge < -0.3 is 10.0 Å². The van der Waals surface area contributed by atoms with Crippen LogP contribution in [0.15, 0.2) is 12.2 Å². The van der Waals surface area contributed by atoms with E-state index in [2.05, 4.69) is 12.2 Å². The second kappa shape index (κ2) is 6.73. The molecule has 4 heteroatoms. The summed E-state index contributed by atoms with van der Waals surface area (Å²) in [5, 5.41) is 8.79. The van der Waals surface area contributed by atoms with Crippen LogP contribution >= 0.6 is 0 Å². The van der Waals surface area contributed by atoms with E-state index in [4.69, 9.17) is 5.11 Å². The van der Waals surface area contributed by atoms with Crippen LogP contribution in [0.4, 0.5) is 0 Å². The van der Waals surface area contributed by atoms with Gasteiger partial charge in [0.1, 0.15) is 0 Å². The monoisotopic (exact) mass is 265 g/mol. The van der Waals surface area contributed by atoms with E-state index in [9.17, 15) is 9.59 Å². The first-order chi connectivity index (χ1) is 9.16. The molecule has 0 aromatic heterocycles. The highest BCUT2D eigenvalue weighted by Crippen LogP contribution is 2.26. The quantitative estimate of drug-likeness (QED) is 0.777. The van der Waals surface area contributed by atoms with E-state index in [1.165, 1.54) is 0 Å². The van der Waals surface area contributed by atoms with Crippen molar-refractivity contribution in [2.24, 2.45) is 5.92 Å². The summed E-state index contributed by atoms with van der Waals surface area (Å²) in [7, 11) is 0. The van der Waals surface area contributed by atoms with Crippen LogP contribution in [-0.2, 0) is 9.59 Å². The minimum Gasteiger partial charge on any atom is -0.481 e. The summed E-state index contributed by atoms with van der Waals surface area (Å²) in [6, 6.07) is 0.141. The highest BCUT2D eigenvalue weighted by atomic mass is 16.4. The van der Waals surface area contributed by atoms with Crippen molar-refractivity contribution in [3.8, 4) is 0 Å². The molecule has 0 unspecified atom stereocenters. The van der Waals surface area contributed by atoms with Crippen LogP contribution in [0.1, 0.15) is 51.4 Å². The van der Waals surface area contributed by atoms with Gasteiger partial charge in [0.2, 0.25) is 5.91 Å². The molecule has 1 saturated heterocycles. The predicted molar refractivity (Wildman–Crippen MR) is 72.7 cm³/mol. The van der Waals surface area contributed by atoms with Gasteiger partial charge in [-0.1, -0.05) is 12.2 Å². The van der Waals surface area contributed by atoms with Gasteiger partial charge in [-0.05, 0) is 44.4 Å². The summed E-state index contributed by atoms with van der Waals surface area (Å²) >= 11 is 0. The molecule has 1 aliphatic heterocycles. The number of rotatable bonds is 5. The van der Waals surface area contributed by atoms with Gasteiger partial charge in [0.25, 0.3) is 0 Å². The number of hydrogen-bond donors (Lipinski definition) is 1. The van der Waals surface area contributed by atoms with E-state index >= 15 is 0 Å². The number of aliphatic carboxylic acids is 1. The molecule has 1 N–H and O–H groups in total. The average Bonchev–Trinajstić information content (AvgIpc) is 2.89. The molecule has 1 heterocycles. The Morgan fingerprint density at radius 1 is 1.26 bits per heavy atom. The molecule has 106 valence electrons. The summed E-state index contributed by atoms with van der Waals surface area (Å²) in [5.74, 6) is -0.155. The van der Waals surface area contributed by atoms with Crippen LogP contribution in [0.25, 0.3) is 0 Å². The van der Waals surface area contributed by atoms with Crippen molar-refractivity contribution >= 4 is 11.9 Å². The summed E-state index contributed by atoms with van der Waals surface area (Å²) in [6.07, 6.45) is 10.9. The van der Waals surface area contributed by atoms with E-state index in [-0.39, 0.29) is 18.4 Å². The number of carbonyl (C=O) groups is 2. The molecule has 1 amide bonds. The molecule has 0 bridgehead atoms. The molecular weight excluding hydrogens is 242 g/mol. The zero-order valence-corrected chi connectivity index (χ0v) is 11.4. The normalized spacial score (nSPS) is 26.6. The van der Waals surface area contributed by atoms with Gasteiger partial charge in [0.05, 0.1) is 0 Å². The molecular formula is C15H23NO3. The molecule has 4 nitrogen and oxygen atoms in total. The first-order valence-corrected chi connectivity index (χ1v) is 7.34. The van der Waals surface area contributed by atoms with Crippen molar-refractivity contribution in [2.45, 2.75) is 57.4 Å². The smallest absolute Gasteiger partial charge is 0.303 e. The van der Waals surface area contributed by atoms with Crippen LogP contribution < -0.4 is 0 Å². The predicted octanol–water partition coefficient (Wildman–Crippen LogP) is 2.59. The van der Waals surface area contributed by atoms with E-state index in [0.29, 0.717) is 18.8 Å². The molecule has 2 rings (SSSR count). The Morgan fingerprint density at radius 2 is 2.11 bits per heavy atom. The second-order valence-electron chi connectivity index (χ2n) is 5.64. The number of carboxylic acids is 1. The molecule has 0 radical (unpaired) electrons. The molecule has 2 aliphatic rings. The van der Waals surface area contributed by atoms with Crippen molar-refractivity contribution in [1.29, 1.82) is 0 Å². The third kappa shape index (κ3) is 4.08. The Bertz CT molecular complexity index is 364. The van der Waals surface area contributed by atoms with Gasteiger partial charge in [0.15, 0.2) is 0 Å². The molecule has 2 atom stereocenters. The second-order valence-corrected chi connectivity index (χ2v) is 5.64. The van der Waals surface area contributed by atoms with Crippen LogP contribution in [0.2, 0.25) is 0 Å². The maximum absolute atomic E-state index is 12.4. The van der Waals surface area contributed by atoms with E-state index in [1.54, 1.807) is 0 Å². The largest absolute Gasteiger partial charge is 0.481 e. The molecule has 19 heavy (non-hydrogen) atoms. The molecule has 0 saturated carbocycles. The third-order valence-corrected chi connectivity index (χ3v) is 4.19. The third-order valence-electron chi connectivity index (χ3n) is 4.19. The SMILES string of the molecule is O=C(O)CC[C@@H]1CCCCN1C(=O)C[C@@H]1C=CCC1. The fraction of sp³-hybridized carbons (Fsp3) is 0.733. The van der Waals surface area contributed by atoms with Gasteiger partial charge in [-0.25, -0.2) is 0 Å². The van der Waals surface area contributed by atoms with Gasteiger partial charge in [-0.15, -0.1) is 0 Å². The Hall–Kier alpha value is -1.32. The number of hydrogen-bond acceptors (Lipinski definition) is 2. The lowest BCUT2D eigenvalue weighted by atomic mass is 9.96. The Morgan fingerprint density at radius 3 is 2.79 bits per heavy atom. The lowest BCUT2D eigenvalue weighted by molar-refractivity contribution is -0.140. The Kier molecular flexibility index (Phi) is 5.00. The van der Waals surface area contributed by atoms with E-state index < -0.39 is 5.97 Å². The maximum Gasteiger partial charge on any atom is 0.303 e. The number of nitrogens with zero attached hydrogens (tertiary/aromatic N) is 1. The number of piperidine rings is 1. The van der Waals surface area contributed by atoms with Crippen LogP contribution in [0.3, 0.4) is 0 Å². The van der Waals surface area contributed by atoms with Crippen molar-refractivity contribution in [2.75, 3.05) is 6.54 Å². The van der Waals surface area contributed by atoms with Gasteiger partial charge in [0, 0.05) is 25.4 Å². The number of carboxylic acid groups (broad SMARTS) is 1. The van der Waals surface area contributed by atoms with Crippen LogP contribution in [0, 0.1) is 5.92 Å². The summed E-state index contributed by atoms with van der Waals surface area (Å²) in [6.45, 7) is 0.805. The minimum absolute atomic E-state index is 0.141. The van der Waals surface area contributed by atoms with Crippen molar-refractivity contribution in [3.05, 3.63) is 12.2 Å². The fourth-order valence-electron chi connectivity index (χ4n) is 3.13. The molecule has 0 aromatic rings. The molecule has 1 fully saturated rings. The van der Waals surface area contributed by atoms with Crippen molar-refractivity contribution in [1.82, 2.24) is 4.90 Å². The summed E-state index contributed by atoms with van der Waals surface area (Å²) < 4.78 is 0. The zero-order valence-electron chi connectivity index (χ0n) is 11.4. The fourth-order valence-corrected chi connectivity index (χ4v) is 3.13. The summed E-state index contributed by atoms with van der Waals surface area (Å²) in [5.41, 5.74) is 0. The Labute approximate surface area is 114 Å². The van der Waals surface area contributed by atoms with Crippen LogP contribution in [0.5, 0.6) is 0 Å². The number of allylic oxidation sites excluding steroid dienone is 2. The van der Waals surface area contributed by atoms with E-state index in [0.717, 1.165) is 38.6 Å². The van der Waals surface area contributed by atoms with Gasteiger partial charge >= 0.3 is 5.97 Å². The van der Waals surface area contributed by atoms with E-state index in [1.807, 2.05) is 4.90 Å². The topological polar surface area (TPSA) is 57.6 Å². The molecule has 0 aromatic carbocycles. The highest BCUT2D eigenvalue weighted by molar-refractivity contribution is 5.77. The highest BCUT2D eigenvalue weighted by Gasteiger charge is 2.28. The molecule has 1 aliphatic carbocycles. The summed E-state index contributed by atoms with van der Waals surface area (Å²) in [4.78, 5) is 25.0. The van der Waals surface area contributed by atoms with Gasteiger partial charge in [-0.3, -0.25) is 9.59 Å². The molecule has 0 spiro atoms. The average molecular weight is 265 g/mol. The van der Waals surface area contributed by atoms with Crippen molar-refractivity contribution < 1.29 is 14.7 Å². The van der Waals surface area contributed by atoms with Crippen LogP contribution in [-0.4, -0.2) is 34.5 Å². The van der Waals surface area contributed by atoms with Gasteiger partial charge in [-0.2, -0.15) is 0 Å². The maximum atomic E-state index is 12.4. The lowest BCUT2D eigenvalue weighted by Gasteiger charge is -2.36. The number of likely N-dealkylation sites (tertiary alicyclic amines) is 1.